The van der Waals surface area contributed by atoms with Crippen LogP contribution in [0.1, 0.15) is 23.2 Å². The van der Waals surface area contributed by atoms with Crippen LogP contribution in [0.2, 0.25) is 10.0 Å². The van der Waals surface area contributed by atoms with E-state index in [1.165, 1.54) is 6.07 Å². The third-order valence-electron chi connectivity index (χ3n) is 2.28. The summed E-state index contributed by atoms with van der Waals surface area (Å²) < 4.78 is 4.68. The van der Waals surface area contributed by atoms with Crippen molar-refractivity contribution >= 4 is 35.1 Å². The first-order chi connectivity index (χ1) is 7.59. The Balaban J connectivity index is 2.14. The summed E-state index contributed by atoms with van der Waals surface area (Å²) in [4.78, 5) is 22.8. The maximum atomic E-state index is 11.6. The Bertz CT molecular complexity index is 453. The van der Waals surface area contributed by atoms with Gasteiger partial charge in [-0.15, -0.1) is 0 Å². The molecule has 0 radical (unpaired) electrons. The maximum absolute atomic E-state index is 11.6. The summed E-state index contributed by atoms with van der Waals surface area (Å²) in [7, 11) is 0. The summed E-state index contributed by atoms with van der Waals surface area (Å²) >= 11 is 11.6. The molecule has 0 saturated heterocycles. The molecule has 84 valence electrons. The number of carbonyl (C=O) groups is 2. The molecule has 0 aliphatic heterocycles. The molecule has 0 spiro atoms. The van der Waals surface area contributed by atoms with Gasteiger partial charge in [-0.25, -0.2) is 4.79 Å². The second-order valence-corrected chi connectivity index (χ2v) is 4.37. The molecule has 1 aliphatic carbocycles. The van der Waals surface area contributed by atoms with Gasteiger partial charge < -0.3 is 4.74 Å². The summed E-state index contributed by atoms with van der Waals surface area (Å²) in [6.45, 7) is 0. The molecule has 1 aromatic rings. The van der Waals surface area contributed by atoms with Gasteiger partial charge in [0.2, 0.25) is 0 Å². The van der Waals surface area contributed by atoms with E-state index in [2.05, 4.69) is 4.74 Å². The average Bonchev–Trinajstić information content (AvgIpc) is 3.05. The third-order valence-corrected chi connectivity index (χ3v) is 3.09. The SMILES string of the molecule is O=C(OC(=O)C1CC1)c1cccc(Cl)c1Cl. The Kier molecular flexibility index (Phi) is 3.17. The minimum Gasteiger partial charge on any atom is -0.389 e. The Morgan fingerprint density at radius 1 is 1.25 bits per heavy atom. The maximum Gasteiger partial charge on any atom is 0.347 e. The Labute approximate surface area is 102 Å². The van der Waals surface area contributed by atoms with Gasteiger partial charge in [-0.1, -0.05) is 29.3 Å². The first-order valence-electron chi connectivity index (χ1n) is 4.79. The zero-order valence-electron chi connectivity index (χ0n) is 8.20. The summed E-state index contributed by atoms with van der Waals surface area (Å²) in [5.74, 6) is -1.35. The van der Waals surface area contributed by atoms with Gasteiger partial charge in [0.25, 0.3) is 0 Å². The normalized spacial score (nSPS) is 14.6. The van der Waals surface area contributed by atoms with Gasteiger partial charge >= 0.3 is 11.9 Å². The van der Waals surface area contributed by atoms with E-state index in [1.807, 2.05) is 0 Å². The molecule has 0 aromatic heterocycles. The lowest BCUT2D eigenvalue weighted by Crippen LogP contribution is -2.14. The molecule has 3 nitrogen and oxygen atoms in total. The van der Waals surface area contributed by atoms with Crippen LogP contribution in [0.25, 0.3) is 0 Å². The third kappa shape index (κ3) is 2.36. The first kappa shape index (κ1) is 11.4. The second-order valence-electron chi connectivity index (χ2n) is 3.58. The highest BCUT2D eigenvalue weighted by atomic mass is 35.5. The van der Waals surface area contributed by atoms with Crippen molar-refractivity contribution in [3.05, 3.63) is 33.8 Å². The number of halogens is 2. The number of benzene rings is 1. The van der Waals surface area contributed by atoms with Crippen molar-refractivity contribution in [2.45, 2.75) is 12.8 Å². The van der Waals surface area contributed by atoms with E-state index in [1.54, 1.807) is 12.1 Å². The largest absolute Gasteiger partial charge is 0.389 e. The van der Waals surface area contributed by atoms with E-state index < -0.39 is 11.9 Å². The Morgan fingerprint density at radius 2 is 1.94 bits per heavy atom. The number of ether oxygens (including phenoxy) is 1. The highest BCUT2D eigenvalue weighted by molar-refractivity contribution is 6.43. The lowest BCUT2D eigenvalue weighted by atomic mass is 10.2. The second kappa shape index (κ2) is 4.44. The smallest absolute Gasteiger partial charge is 0.347 e. The zero-order chi connectivity index (χ0) is 11.7. The molecule has 1 aromatic carbocycles. The van der Waals surface area contributed by atoms with Crippen LogP contribution in [-0.2, 0) is 9.53 Å². The van der Waals surface area contributed by atoms with E-state index in [9.17, 15) is 9.59 Å². The van der Waals surface area contributed by atoms with Crippen molar-refractivity contribution in [2.24, 2.45) is 5.92 Å². The van der Waals surface area contributed by atoms with Crippen LogP contribution < -0.4 is 0 Å². The van der Waals surface area contributed by atoms with Crippen LogP contribution in [0.15, 0.2) is 18.2 Å². The van der Waals surface area contributed by atoms with E-state index in [-0.39, 0.29) is 21.5 Å². The van der Waals surface area contributed by atoms with Crippen molar-refractivity contribution in [3.63, 3.8) is 0 Å². The molecule has 5 heteroatoms. The summed E-state index contributed by atoms with van der Waals surface area (Å²) in [5, 5.41) is 0.368. The number of carbonyl (C=O) groups excluding carboxylic acids is 2. The lowest BCUT2D eigenvalue weighted by molar-refractivity contribution is -0.139. The molecular weight excluding hydrogens is 251 g/mol. The molecule has 2 rings (SSSR count). The molecule has 0 unspecified atom stereocenters. The highest BCUT2D eigenvalue weighted by Crippen LogP contribution is 2.31. The number of hydrogen-bond donors (Lipinski definition) is 0. The standard InChI is InChI=1S/C11H8Cl2O3/c12-8-3-1-2-7(9(8)13)11(15)16-10(14)6-4-5-6/h1-3,6H,4-5H2. The fourth-order valence-electron chi connectivity index (χ4n) is 1.21. The van der Waals surface area contributed by atoms with Gasteiger partial charge in [0.15, 0.2) is 0 Å². The monoisotopic (exact) mass is 258 g/mol. The van der Waals surface area contributed by atoms with Crippen LogP contribution in [-0.4, -0.2) is 11.9 Å². The van der Waals surface area contributed by atoms with Crippen molar-refractivity contribution in [1.29, 1.82) is 0 Å². The van der Waals surface area contributed by atoms with Crippen molar-refractivity contribution in [3.8, 4) is 0 Å². The number of esters is 2. The van der Waals surface area contributed by atoms with Crippen molar-refractivity contribution in [1.82, 2.24) is 0 Å². The molecule has 16 heavy (non-hydrogen) atoms. The quantitative estimate of drug-likeness (QED) is 0.605. The van der Waals surface area contributed by atoms with Gasteiger partial charge in [0.1, 0.15) is 0 Å². The summed E-state index contributed by atoms with van der Waals surface area (Å²) in [5.41, 5.74) is 0.114. The average molecular weight is 259 g/mol. The molecule has 0 N–H and O–H groups in total. The van der Waals surface area contributed by atoms with E-state index in [0.29, 0.717) is 0 Å². The van der Waals surface area contributed by atoms with Crippen LogP contribution in [0.3, 0.4) is 0 Å². The van der Waals surface area contributed by atoms with E-state index >= 15 is 0 Å². The van der Waals surface area contributed by atoms with Crippen LogP contribution in [0, 0.1) is 5.92 Å². The zero-order valence-corrected chi connectivity index (χ0v) is 9.72. The highest BCUT2D eigenvalue weighted by Gasteiger charge is 2.33. The van der Waals surface area contributed by atoms with Gasteiger partial charge in [-0.05, 0) is 25.0 Å². The van der Waals surface area contributed by atoms with Gasteiger partial charge in [-0.2, -0.15) is 0 Å². The minimum absolute atomic E-state index is 0.109. The Hall–Kier alpha value is -1.06. The molecule has 0 bridgehead atoms. The molecular formula is C11H8Cl2O3. The topological polar surface area (TPSA) is 43.4 Å². The van der Waals surface area contributed by atoms with Crippen LogP contribution >= 0.6 is 23.2 Å². The molecule has 1 aliphatic rings. The predicted octanol–water partition coefficient (Wildman–Crippen LogP) is 3.09. The number of rotatable bonds is 2. The van der Waals surface area contributed by atoms with Crippen molar-refractivity contribution < 1.29 is 14.3 Å². The molecule has 0 heterocycles. The lowest BCUT2D eigenvalue weighted by Gasteiger charge is -2.04. The van der Waals surface area contributed by atoms with Gasteiger partial charge in [0.05, 0.1) is 21.5 Å². The van der Waals surface area contributed by atoms with Gasteiger partial charge in [0, 0.05) is 0 Å². The molecule has 0 atom stereocenters. The number of hydrogen-bond acceptors (Lipinski definition) is 3. The summed E-state index contributed by atoms with van der Waals surface area (Å²) in [6, 6.07) is 4.60. The van der Waals surface area contributed by atoms with Crippen LogP contribution in [0.5, 0.6) is 0 Å². The Morgan fingerprint density at radius 3 is 2.56 bits per heavy atom. The first-order valence-corrected chi connectivity index (χ1v) is 5.55. The van der Waals surface area contributed by atoms with Crippen molar-refractivity contribution in [2.75, 3.05) is 0 Å². The van der Waals surface area contributed by atoms with Crippen LogP contribution in [0.4, 0.5) is 0 Å². The molecule has 1 fully saturated rings. The summed E-state index contributed by atoms with van der Waals surface area (Å²) in [6.07, 6.45) is 1.57. The molecule has 0 amide bonds. The van der Waals surface area contributed by atoms with E-state index in [0.717, 1.165) is 12.8 Å². The fraction of sp³-hybridized carbons (Fsp3) is 0.273. The molecule has 1 saturated carbocycles. The fourth-order valence-corrected chi connectivity index (χ4v) is 1.59. The minimum atomic E-state index is -0.746. The van der Waals surface area contributed by atoms with Gasteiger partial charge in [-0.3, -0.25) is 4.79 Å². The van der Waals surface area contributed by atoms with E-state index in [4.69, 9.17) is 23.2 Å². The predicted molar refractivity (Wildman–Crippen MR) is 59.6 cm³/mol.